The number of hydrogen-bond donors (Lipinski definition) is 0. The summed E-state index contributed by atoms with van der Waals surface area (Å²) in [7, 11) is 0. The number of rotatable bonds is 3. The molecule has 19 heavy (non-hydrogen) atoms. The minimum absolute atomic E-state index is 0.0397. The van der Waals surface area contributed by atoms with Crippen molar-refractivity contribution in [2.45, 2.75) is 12.1 Å². The number of aromatic nitrogens is 1. The van der Waals surface area contributed by atoms with Gasteiger partial charge in [0, 0.05) is 10.9 Å². The minimum Gasteiger partial charge on any atom is -0.482 e. The molecule has 0 fully saturated rings. The first kappa shape index (κ1) is 14.2. The third-order valence-corrected chi connectivity index (χ3v) is 2.99. The molecule has 0 aliphatic rings. The van der Waals surface area contributed by atoms with E-state index in [-0.39, 0.29) is 22.3 Å². The molecule has 0 aliphatic carbocycles. The summed E-state index contributed by atoms with van der Waals surface area (Å²) in [6.07, 6.45) is -4.40. The second-order valence-electron chi connectivity index (χ2n) is 3.80. The second kappa shape index (κ2) is 5.43. The van der Waals surface area contributed by atoms with Crippen molar-refractivity contribution in [1.82, 2.24) is 4.98 Å². The molecule has 1 aromatic carbocycles. The summed E-state index contributed by atoms with van der Waals surface area (Å²) >= 11 is 11.6. The van der Waals surface area contributed by atoms with Gasteiger partial charge in [-0.15, -0.1) is 11.6 Å². The van der Waals surface area contributed by atoms with Crippen molar-refractivity contribution >= 4 is 34.1 Å². The van der Waals surface area contributed by atoms with Gasteiger partial charge in [0.05, 0.1) is 5.88 Å². The number of hydrogen-bond acceptors (Lipinski definition) is 2. The SMILES string of the molecule is FC(F)(F)COc1cccc2cc(CCl)c(Cl)nc12. The molecular formula is C12H8Cl2F3NO. The van der Waals surface area contributed by atoms with E-state index < -0.39 is 12.8 Å². The molecule has 0 N–H and O–H groups in total. The zero-order chi connectivity index (χ0) is 14.0. The van der Waals surface area contributed by atoms with Crippen LogP contribution in [0.2, 0.25) is 5.15 Å². The van der Waals surface area contributed by atoms with Crippen molar-refractivity contribution < 1.29 is 17.9 Å². The first-order valence-corrected chi connectivity index (χ1v) is 6.15. The number of halogens is 5. The van der Waals surface area contributed by atoms with Crippen LogP contribution in [0.15, 0.2) is 24.3 Å². The third-order valence-electron chi connectivity index (χ3n) is 2.37. The molecule has 2 rings (SSSR count). The van der Waals surface area contributed by atoms with Gasteiger partial charge in [-0.25, -0.2) is 4.98 Å². The normalized spacial score (nSPS) is 11.8. The van der Waals surface area contributed by atoms with Crippen LogP contribution in [0.25, 0.3) is 10.9 Å². The molecule has 2 aromatic rings. The Morgan fingerprint density at radius 2 is 2.00 bits per heavy atom. The van der Waals surface area contributed by atoms with E-state index in [2.05, 4.69) is 4.98 Å². The third kappa shape index (κ3) is 3.42. The molecule has 0 unspecified atom stereocenters. The number of ether oxygens (including phenoxy) is 1. The Labute approximate surface area is 117 Å². The molecule has 0 spiro atoms. The Hall–Kier alpha value is -1.20. The zero-order valence-electron chi connectivity index (χ0n) is 9.47. The van der Waals surface area contributed by atoms with Gasteiger partial charge in [0.25, 0.3) is 0 Å². The fourth-order valence-electron chi connectivity index (χ4n) is 1.56. The predicted molar refractivity (Wildman–Crippen MR) is 67.9 cm³/mol. The van der Waals surface area contributed by atoms with Crippen LogP contribution in [0.1, 0.15) is 5.56 Å². The Morgan fingerprint density at radius 3 is 2.63 bits per heavy atom. The maximum Gasteiger partial charge on any atom is 0.422 e. The van der Waals surface area contributed by atoms with Gasteiger partial charge in [-0.05, 0) is 12.1 Å². The molecule has 7 heteroatoms. The highest BCUT2D eigenvalue weighted by Crippen LogP contribution is 2.29. The largest absolute Gasteiger partial charge is 0.482 e. The Kier molecular flexibility index (Phi) is 4.06. The lowest BCUT2D eigenvalue weighted by Crippen LogP contribution is -2.19. The van der Waals surface area contributed by atoms with Crippen LogP contribution in [0, 0.1) is 0 Å². The van der Waals surface area contributed by atoms with E-state index in [0.717, 1.165) is 0 Å². The van der Waals surface area contributed by atoms with Gasteiger partial charge in [0.2, 0.25) is 0 Å². The summed E-state index contributed by atoms with van der Waals surface area (Å²) in [6, 6.07) is 6.38. The summed E-state index contributed by atoms with van der Waals surface area (Å²) in [6.45, 7) is -1.37. The van der Waals surface area contributed by atoms with Gasteiger partial charge in [0.15, 0.2) is 6.61 Å². The van der Waals surface area contributed by atoms with Crippen LogP contribution in [-0.2, 0) is 5.88 Å². The standard InChI is InChI=1S/C12H8Cl2F3NO/c13-5-8-4-7-2-1-3-9(10(7)18-11(8)14)19-6-12(15,16)17/h1-4H,5-6H2. The van der Waals surface area contributed by atoms with Gasteiger partial charge in [-0.1, -0.05) is 23.7 Å². The number of nitrogens with zero attached hydrogens (tertiary/aromatic N) is 1. The monoisotopic (exact) mass is 309 g/mol. The van der Waals surface area contributed by atoms with E-state index in [9.17, 15) is 13.2 Å². The Morgan fingerprint density at radius 1 is 1.26 bits per heavy atom. The number of pyridine rings is 1. The van der Waals surface area contributed by atoms with Crippen molar-refractivity contribution in [1.29, 1.82) is 0 Å². The molecular weight excluding hydrogens is 302 g/mol. The van der Waals surface area contributed by atoms with Crippen molar-refractivity contribution in [3.8, 4) is 5.75 Å². The average molecular weight is 310 g/mol. The highest BCUT2D eigenvalue weighted by Gasteiger charge is 2.28. The Balaban J connectivity index is 2.42. The fraction of sp³-hybridized carbons (Fsp3) is 0.250. The lowest BCUT2D eigenvalue weighted by Gasteiger charge is -2.11. The quantitative estimate of drug-likeness (QED) is 0.612. The van der Waals surface area contributed by atoms with Crippen LogP contribution in [0.5, 0.6) is 5.75 Å². The number of fused-ring (bicyclic) bond motifs is 1. The molecule has 0 aliphatic heterocycles. The molecule has 0 radical (unpaired) electrons. The van der Waals surface area contributed by atoms with Gasteiger partial charge < -0.3 is 4.74 Å². The van der Waals surface area contributed by atoms with Crippen molar-refractivity contribution in [2.75, 3.05) is 6.61 Å². The predicted octanol–water partition coefficient (Wildman–Crippen LogP) is 4.57. The van der Waals surface area contributed by atoms with E-state index in [4.69, 9.17) is 27.9 Å². The van der Waals surface area contributed by atoms with Crippen molar-refractivity contribution in [3.05, 3.63) is 35.0 Å². The maximum atomic E-state index is 12.2. The number of para-hydroxylation sites is 1. The highest BCUT2D eigenvalue weighted by molar-refractivity contribution is 6.31. The van der Waals surface area contributed by atoms with E-state index >= 15 is 0 Å². The van der Waals surface area contributed by atoms with Crippen LogP contribution in [0.3, 0.4) is 0 Å². The highest BCUT2D eigenvalue weighted by atomic mass is 35.5. The van der Waals surface area contributed by atoms with Gasteiger partial charge >= 0.3 is 6.18 Å². The molecule has 0 atom stereocenters. The first-order valence-electron chi connectivity index (χ1n) is 5.24. The molecule has 1 aromatic heterocycles. The maximum absolute atomic E-state index is 12.2. The lowest BCUT2D eigenvalue weighted by molar-refractivity contribution is -0.153. The molecule has 0 saturated heterocycles. The summed E-state index contributed by atoms with van der Waals surface area (Å²) in [4.78, 5) is 4.04. The molecule has 1 heterocycles. The van der Waals surface area contributed by atoms with E-state index in [1.807, 2.05) is 0 Å². The Bertz CT molecular complexity index is 601. The van der Waals surface area contributed by atoms with Gasteiger partial charge in [-0.2, -0.15) is 13.2 Å². The van der Waals surface area contributed by atoms with E-state index in [0.29, 0.717) is 10.9 Å². The summed E-state index contributed by atoms with van der Waals surface area (Å²) in [5, 5.41) is 0.783. The molecule has 0 amide bonds. The molecule has 2 nitrogen and oxygen atoms in total. The topological polar surface area (TPSA) is 22.1 Å². The lowest BCUT2D eigenvalue weighted by atomic mass is 10.1. The second-order valence-corrected chi connectivity index (χ2v) is 4.43. The first-order chi connectivity index (χ1) is 8.90. The van der Waals surface area contributed by atoms with Gasteiger partial charge in [0.1, 0.15) is 16.4 Å². The smallest absolute Gasteiger partial charge is 0.422 e. The molecule has 0 saturated carbocycles. The van der Waals surface area contributed by atoms with Crippen LogP contribution in [-0.4, -0.2) is 17.8 Å². The van der Waals surface area contributed by atoms with Gasteiger partial charge in [-0.3, -0.25) is 0 Å². The van der Waals surface area contributed by atoms with Crippen molar-refractivity contribution in [3.63, 3.8) is 0 Å². The number of benzene rings is 1. The van der Waals surface area contributed by atoms with E-state index in [1.54, 1.807) is 18.2 Å². The fourth-order valence-corrected chi connectivity index (χ4v) is 2.04. The number of alkyl halides is 4. The summed E-state index contributed by atoms with van der Waals surface area (Å²) in [5.74, 6) is 0.216. The van der Waals surface area contributed by atoms with Crippen LogP contribution >= 0.6 is 23.2 Å². The van der Waals surface area contributed by atoms with Crippen molar-refractivity contribution in [2.24, 2.45) is 0 Å². The van der Waals surface area contributed by atoms with Crippen LogP contribution < -0.4 is 4.74 Å². The van der Waals surface area contributed by atoms with E-state index in [1.165, 1.54) is 6.07 Å². The summed E-state index contributed by atoms with van der Waals surface area (Å²) in [5.41, 5.74) is 0.898. The average Bonchev–Trinajstić information content (AvgIpc) is 2.34. The van der Waals surface area contributed by atoms with Crippen LogP contribution in [0.4, 0.5) is 13.2 Å². The minimum atomic E-state index is -4.40. The summed E-state index contributed by atoms with van der Waals surface area (Å²) < 4.78 is 41.2. The zero-order valence-corrected chi connectivity index (χ0v) is 11.0. The molecule has 0 bridgehead atoms. The molecule has 102 valence electrons.